The molecule has 1 rings (SSSR count). The van der Waals surface area contributed by atoms with Gasteiger partial charge in [-0.2, -0.15) is 0 Å². The fourth-order valence-corrected chi connectivity index (χ4v) is 1.21. The van der Waals surface area contributed by atoms with Crippen molar-refractivity contribution in [1.82, 2.24) is 10.3 Å². The van der Waals surface area contributed by atoms with Crippen LogP contribution in [0.1, 0.15) is 26.3 Å². The number of alkyl carbamates (subject to hydrolysis) is 1. The topological polar surface area (TPSA) is 77.2 Å². The van der Waals surface area contributed by atoms with Crippen LogP contribution in [0, 0.1) is 11.8 Å². The fraction of sp³-hybridized carbons (Fsp3) is 0.385. The fourth-order valence-electron chi connectivity index (χ4n) is 1.11. The van der Waals surface area contributed by atoms with Gasteiger partial charge in [-0.3, -0.25) is 0 Å². The van der Waals surface area contributed by atoms with Crippen LogP contribution in [0.4, 0.5) is 10.5 Å². The van der Waals surface area contributed by atoms with Gasteiger partial charge in [0.05, 0.1) is 12.2 Å². The van der Waals surface area contributed by atoms with E-state index >= 15 is 0 Å². The summed E-state index contributed by atoms with van der Waals surface area (Å²) in [5.41, 5.74) is 6.07. The zero-order valence-corrected chi connectivity index (χ0v) is 11.8. The zero-order valence-electron chi connectivity index (χ0n) is 11.1. The Labute approximate surface area is 117 Å². The largest absolute Gasteiger partial charge is 0.444 e. The summed E-state index contributed by atoms with van der Waals surface area (Å²) < 4.78 is 5.06. The molecular weight excluding hydrogens is 266 g/mol. The number of nitrogen functional groups attached to an aromatic ring is 1. The summed E-state index contributed by atoms with van der Waals surface area (Å²) in [6, 6.07) is 1.62. The Balaban J connectivity index is 2.47. The molecule has 102 valence electrons. The molecule has 0 fully saturated rings. The summed E-state index contributed by atoms with van der Waals surface area (Å²) in [4.78, 5) is 15.2. The third-order valence-corrected chi connectivity index (χ3v) is 2.13. The van der Waals surface area contributed by atoms with Crippen molar-refractivity contribution in [2.45, 2.75) is 26.4 Å². The lowest BCUT2D eigenvalue weighted by Gasteiger charge is -2.18. The third kappa shape index (κ3) is 5.98. The van der Waals surface area contributed by atoms with Gasteiger partial charge < -0.3 is 15.8 Å². The van der Waals surface area contributed by atoms with E-state index in [-0.39, 0.29) is 11.7 Å². The first-order chi connectivity index (χ1) is 8.78. The molecule has 1 aromatic rings. The van der Waals surface area contributed by atoms with E-state index in [1.165, 1.54) is 6.20 Å². The number of ether oxygens (including phenoxy) is 1. The Morgan fingerprint density at radius 2 is 2.26 bits per heavy atom. The number of halogens is 1. The van der Waals surface area contributed by atoms with Crippen LogP contribution in [0.5, 0.6) is 0 Å². The highest BCUT2D eigenvalue weighted by Crippen LogP contribution is 2.15. The molecule has 0 aliphatic carbocycles. The summed E-state index contributed by atoms with van der Waals surface area (Å²) in [5.74, 6) is 5.57. The van der Waals surface area contributed by atoms with Gasteiger partial charge in [-0.05, 0) is 26.8 Å². The van der Waals surface area contributed by atoms with Crippen molar-refractivity contribution in [3.63, 3.8) is 0 Å². The number of nitrogens with one attached hydrogen (secondary N) is 1. The number of pyridine rings is 1. The summed E-state index contributed by atoms with van der Waals surface area (Å²) in [6.07, 6.45) is 1.01. The molecule has 1 heterocycles. The van der Waals surface area contributed by atoms with Crippen LogP contribution in [0.25, 0.3) is 0 Å². The molecule has 1 aromatic heterocycles. The summed E-state index contributed by atoms with van der Waals surface area (Å²) in [7, 11) is 0. The standard InChI is InChI=1S/C13H16ClN3O2/c1-13(2,3)19-12(18)16-6-4-5-9-7-10(15)11(14)17-8-9/h7-8H,6,15H2,1-3H3,(H,16,18). The number of carbonyl (C=O) groups excluding carboxylic acids is 1. The Hall–Kier alpha value is -1.93. The van der Waals surface area contributed by atoms with Crippen molar-refractivity contribution in [3.05, 3.63) is 23.0 Å². The Kier molecular flexibility index (Phi) is 5.02. The van der Waals surface area contributed by atoms with Crippen LogP contribution in [0.2, 0.25) is 5.15 Å². The molecule has 19 heavy (non-hydrogen) atoms. The van der Waals surface area contributed by atoms with Crippen molar-refractivity contribution in [2.75, 3.05) is 12.3 Å². The number of hydrogen-bond acceptors (Lipinski definition) is 4. The Morgan fingerprint density at radius 1 is 1.58 bits per heavy atom. The van der Waals surface area contributed by atoms with E-state index in [4.69, 9.17) is 22.1 Å². The van der Waals surface area contributed by atoms with Gasteiger partial charge in [0.1, 0.15) is 5.60 Å². The molecule has 5 nitrogen and oxygen atoms in total. The SMILES string of the molecule is CC(C)(C)OC(=O)NCC#Cc1cnc(Cl)c(N)c1. The molecule has 0 aliphatic heterocycles. The molecule has 0 aromatic carbocycles. The molecule has 0 saturated heterocycles. The minimum absolute atomic E-state index is 0.178. The first-order valence-corrected chi connectivity index (χ1v) is 6.02. The third-order valence-electron chi connectivity index (χ3n) is 1.82. The highest BCUT2D eigenvalue weighted by atomic mass is 35.5. The number of amides is 1. The monoisotopic (exact) mass is 281 g/mol. The first-order valence-electron chi connectivity index (χ1n) is 5.64. The average molecular weight is 282 g/mol. The Morgan fingerprint density at radius 3 is 2.84 bits per heavy atom. The highest BCUT2D eigenvalue weighted by molar-refractivity contribution is 6.31. The Bertz CT molecular complexity index is 527. The molecule has 6 heteroatoms. The van der Waals surface area contributed by atoms with Crippen molar-refractivity contribution in [1.29, 1.82) is 0 Å². The van der Waals surface area contributed by atoms with E-state index in [1.54, 1.807) is 26.8 Å². The van der Waals surface area contributed by atoms with Crippen LogP contribution in [-0.4, -0.2) is 23.2 Å². The number of aromatic nitrogens is 1. The first kappa shape index (κ1) is 15.1. The second-order valence-corrected chi connectivity index (χ2v) is 5.12. The second-order valence-electron chi connectivity index (χ2n) is 4.76. The number of nitrogens with zero attached hydrogens (tertiary/aromatic N) is 1. The molecule has 0 radical (unpaired) electrons. The number of nitrogens with two attached hydrogens (primary N) is 1. The second kappa shape index (κ2) is 6.30. The smallest absolute Gasteiger partial charge is 0.408 e. The molecule has 0 unspecified atom stereocenters. The van der Waals surface area contributed by atoms with Crippen LogP contribution >= 0.6 is 11.6 Å². The van der Waals surface area contributed by atoms with E-state index in [0.29, 0.717) is 11.3 Å². The summed E-state index contributed by atoms with van der Waals surface area (Å²) >= 11 is 5.69. The molecule has 1 amide bonds. The number of anilines is 1. The highest BCUT2D eigenvalue weighted by Gasteiger charge is 2.14. The molecule has 0 aliphatic rings. The van der Waals surface area contributed by atoms with Crippen LogP contribution in [0.15, 0.2) is 12.3 Å². The van der Waals surface area contributed by atoms with Crippen LogP contribution in [-0.2, 0) is 4.74 Å². The van der Waals surface area contributed by atoms with E-state index in [9.17, 15) is 4.79 Å². The minimum atomic E-state index is -0.522. The number of hydrogen-bond donors (Lipinski definition) is 2. The lowest BCUT2D eigenvalue weighted by Crippen LogP contribution is -2.32. The minimum Gasteiger partial charge on any atom is -0.444 e. The van der Waals surface area contributed by atoms with Gasteiger partial charge in [-0.15, -0.1) is 0 Å². The quantitative estimate of drug-likeness (QED) is 0.611. The molecule has 0 bridgehead atoms. The zero-order chi connectivity index (χ0) is 14.5. The van der Waals surface area contributed by atoms with Gasteiger partial charge in [0.2, 0.25) is 0 Å². The maximum atomic E-state index is 11.3. The van der Waals surface area contributed by atoms with E-state index in [2.05, 4.69) is 22.1 Å². The van der Waals surface area contributed by atoms with Gasteiger partial charge in [-0.25, -0.2) is 9.78 Å². The molecule has 0 saturated carbocycles. The molecule has 0 atom stereocenters. The van der Waals surface area contributed by atoms with Gasteiger partial charge in [0.25, 0.3) is 0 Å². The number of carbonyl (C=O) groups is 1. The van der Waals surface area contributed by atoms with Gasteiger partial charge in [0.15, 0.2) is 5.15 Å². The van der Waals surface area contributed by atoms with E-state index in [0.717, 1.165) is 0 Å². The molecule has 0 spiro atoms. The lowest BCUT2D eigenvalue weighted by molar-refractivity contribution is 0.0535. The van der Waals surface area contributed by atoms with Crippen molar-refractivity contribution >= 4 is 23.4 Å². The van der Waals surface area contributed by atoms with E-state index < -0.39 is 11.7 Å². The maximum absolute atomic E-state index is 11.3. The maximum Gasteiger partial charge on any atom is 0.408 e. The normalized spacial score (nSPS) is 10.3. The van der Waals surface area contributed by atoms with Gasteiger partial charge in [0, 0.05) is 11.8 Å². The lowest BCUT2D eigenvalue weighted by atomic mass is 10.2. The molecular formula is C13H16ClN3O2. The van der Waals surface area contributed by atoms with Crippen molar-refractivity contribution < 1.29 is 9.53 Å². The van der Waals surface area contributed by atoms with E-state index in [1.807, 2.05) is 0 Å². The predicted molar refractivity (Wildman–Crippen MR) is 74.8 cm³/mol. The van der Waals surface area contributed by atoms with Crippen LogP contribution in [0.3, 0.4) is 0 Å². The van der Waals surface area contributed by atoms with Crippen LogP contribution < -0.4 is 11.1 Å². The molecule has 3 N–H and O–H groups in total. The van der Waals surface area contributed by atoms with Gasteiger partial charge >= 0.3 is 6.09 Å². The predicted octanol–water partition coefficient (Wildman–Crippen LogP) is 2.19. The van der Waals surface area contributed by atoms with Crippen molar-refractivity contribution in [2.24, 2.45) is 0 Å². The number of rotatable bonds is 1. The summed E-state index contributed by atoms with van der Waals surface area (Å²) in [5, 5.41) is 2.77. The van der Waals surface area contributed by atoms with Crippen molar-refractivity contribution in [3.8, 4) is 11.8 Å². The van der Waals surface area contributed by atoms with Gasteiger partial charge in [-0.1, -0.05) is 23.4 Å². The summed E-state index contributed by atoms with van der Waals surface area (Å²) in [6.45, 7) is 5.55. The average Bonchev–Trinajstić information content (AvgIpc) is 2.27.